The number of halogens is 3. The van der Waals surface area contributed by atoms with E-state index < -0.39 is 27.0 Å². The van der Waals surface area contributed by atoms with Crippen molar-refractivity contribution < 1.29 is 43.1 Å². The zero-order valence-electron chi connectivity index (χ0n) is 14.3. The van der Waals surface area contributed by atoms with Crippen LogP contribution in [0.1, 0.15) is 31.6 Å². The molecule has 3 rings (SSSR count). The first-order valence-electron chi connectivity index (χ1n) is 7.62. The molecule has 155 valence electrons. The summed E-state index contributed by atoms with van der Waals surface area (Å²) < 4.78 is 62.1. The third-order valence-corrected chi connectivity index (χ3v) is 4.20. The first kappa shape index (κ1) is 23.9. The molecule has 0 atom stereocenters. The van der Waals surface area contributed by atoms with Crippen LogP contribution >= 0.6 is 0 Å². The SMILES string of the molecule is C/C=C/c1n[n-]c(=O)n1C1CC1.[Co+2].[NH-]S(=O)(=O)c1ccccc1OC(F)(F)F. The molecule has 0 unspecified atom stereocenters. The number of allylic oxidation sites excluding steroid dienone is 1. The van der Waals surface area contributed by atoms with Gasteiger partial charge >= 0.3 is 23.1 Å². The van der Waals surface area contributed by atoms with Crippen LogP contribution in [0.15, 0.2) is 40.0 Å². The largest absolute Gasteiger partial charge is 2.00 e. The summed E-state index contributed by atoms with van der Waals surface area (Å²) in [5, 5.41) is 13.9. The van der Waals surface area contributed by atoms with E-state index in [0.29, 0.717) is 11.9 Å². The number of ether oxygens (including phenoxy) is 1. The van der Waals surface area contributed by atoms with Gasteiger partial charge in [0.05, 0.1) is 10.7 Å². The molecule has 0 amide bonds. The standard InChI is InChI=1S/C8H11N3O.C7H5F3NO3S.Co/c1-2-3-7-9-10-8(12)11(7)6-4-5-6;8-7(9,10)14-5-3-1-2-4-6(5)15(11,12)13;/h2-3,6H,4-5H2,1H3,(H,10,12);1-4H,(H-,11,12,13);/q;-1;+2/p-1/b3-2+;;. The maximum Gasteiger partial charge on any atom is 2.00 e. The van der Waals surface area contributed by atoms with Crippen LogP contribution in [0.25, 0.3) is 11.2 Å². The van der Waals surface area contributed by atoms with E-state index >= 15 is 0 Å². The third-order valence-electron chi connectivity index (χ3n) is 3.28. The van der Waals surface area contributed by atoms with E-state index in [4.69, 9.17) is 5.14 Å². The number of para-hydroxylation sites is 1. The Labute approximate surface area is 168 Å². The van der Waals surface area contributed by atoms with Crippen molar-refractivity contribution in [3.63, 3.8) is 0 Å². The van der Waals surface area contributed by atoms with Crippen molar-refractivity contribution in [1.82, 2.24) is 14.8 Å². The van der Waals surface area contributed by atoms with Crippen molar-refractivity contribution in [2.45, 2.75) is 37.1 Å². The predicted molar refractivity (Wildman–Crippen MR) is 89.4 cm³/mol. The van der Waals surface area contributed by atoms with Crippen LogP contribution in [0.2, 0.25) is 0 Å². The van der Waals surface area contributed by atoms with Gasteiger partial charge in [0, 0.05) is 0 Å². The van der Waals surface area contributed by atoms with E-state index in [0.717, 1.165) is 25.0 Å². The van der Waals surface area contributed by atoms with Gasteiger partial charge in [0.1, 0.15) is 15.8 Å². The zero-order chi connectivity index (χ0) is 20.2. The maximum absolute atomic E-state index is 11.8. The smallest absolute Gasteiger partial charge is 0.560 e. The van der Waals surface area contributed by atoms with Gasteiger partial charge in [-0.3, -0.25) is 9.89 Å². The molecule has 1 aromatic carbocycles. The van der Waals surface area contributed by atoms with Gasteiger partial charge in [0.2, 0.25) is 0 Å². The predicted octanol–water partition coefficient (Wildman–Crippen LogP) is 2.89. The van der Waals surface area contributed by atoms with Crippen LogP contribution in [-0.4, -0.2) is 24.4 Å². The molecule has 0 aliphatic heterocycles. The Bertz CT molecular complexity index is 982. The number of alkyl halides is 3. The Morgan fingerprint density at radius 3 is 2.43 bits per heavy atom. The third kappa shape index (κ3) is 6.81. The van der Waals surface area contributed by atoms with E-state index in [2.05, 4.69) is 14.9 Å². The van der Waals surface area contributed by atoms with Crippen LogP contribution in [0.4, 0.5) is 13.2 Å². The molecule has 28 heavy (non-hydrogen) atoms. The summed E-state index contributed by atoms with van der Waals surface area (Å²) in [6.07, 6.45) is 0.853. The number of hydrogen-bond acceptors (Lipinski definition) is 5. The number of aromatic nitrogens is 3. The van der Waals surface area contributed by atoms with E-state index in [1.54, 1.807) is 4.57 Å². The second-order valence-electron chi connectivity index (χ2n) is 5.44. The first-order valence-corrected chi connectivity index (χ1v) is 9.10. The van der Waals surface area contributed by atoms with Crippen molar-refractivity contribution in [3.8, 4) is 5.75 Å². The average molecular weight is 463 g/mol. The molecule has 1 aliphatic rings. The average Bonchev–Trinajstić information content (AvgIpc) is 3.30. The quantitative estimate of drug-likeness (QED) is 0.689. The van der Waals surface area contributed by atoms with E-state index in [9.17, 15) is 26.4 Å². The van der Waals surface area contributed by atoms with Gasteiger partial charge in [-0.2, -0.15) is 0 Å². The number of benzene rings is 1. The van der Waals surface area contributed by atoms with Crippen molar-refractivity contribution in [2.75, 3.05) is 0 Å². The number of hydrogen-bond donors (Lipinski definition) is 0. The molecule has 13 heteroatoms. The molecule has 1 radical (unpaired) electrons. The fourth-order valence-electron chi connectivity index (χ4n) is 2.11. The van der Waals surface area contributed by atoms with Gasteiger partial charge in [-0.1, -0.05) is 31.1 Å². The molecule has 1 aromatic heterocycles. The summed E-state index contributed by atoms with van der Waals surface area (Å²) in [4.78, 5) is 10.3. The monoisotopic (exact) mass is 463 g/mol. The Morgan fingerprint density at radius 2 is 1.93 bits per heavy atom. The molecule has 1 fully saturated rings. The Morgan fingerprint density at radius 1 is 1.32 bits per heavy atom. The summed E-state index contributed by atoms with van der Waals surface area (Å²) in [6, 6.07) is 4.43. The Balaban J connectivity index is 0.000000275. The first-order chi connectivity index (χ1) is 12.5. The Hall–Kier alpha value is -2.09. The molecule has 1 saturated carbocycles. The molecule has 1 heterocycles. The van der Waals surface area contributed by atoms with E-state index in [1.165, 1.54) is 12.1 Å². The topological polar surface area (TPSA) is 116 Å². The van der Waals surface area contributed by atoms with E-state index in [1.807, 2.05) is 19.1 Å². The molecule has 2 aromatic rings. The van der Waals surface area contributed by atoms with Crippen molar-refractivity contribution in [1.29, 1.82) is 0 Å². The zero-order valence-corrected chi connectivity index (χ0v) is 16.2. The molecule has 0 bridgehead atoms. The number of nitrogens with one attached hydrogen (secondary N) is 1. The number of nitrogens with zero attached hydrogens (tertiary/aromatic N) is 3. The van der Waals surface area contributed by atoms with Crippen molar-refractivity contribution in [3.05, 3.63) is 51.8 Å². The molecule has 8 nitrogen and oxygen atoms in total. The number of sulfonamides is 1. The van der Waals surface area contributed by atoms with Crippen LogP contribution in [-0.2, 0) is 26.8 Å². The van der Waals surface area contributed by atoms with Crippen LogP contribution < -0.4 is 15.5 Å². The summed E-state index contributed by atoms with van der Waals surface area (Å²) in [5.74, 6) is -0.218. The normalized spacial score (nSPS) is 14.2. The molecular weight excluding hydrogens is 448 g/mol. The maximum atomic E-state index is 11.8. The summed E-state index contributed by atoms with van der Waals surface area (Å²) in [6.45, 7) is 1.90. The molecule has 1 aliphatic carbocycles. The van der Waals surface area contributed by atoms with Crippen LogP contribution in [0, 0.1) is 0 Å². The van der Waals surface area contributed by atoms with Gasteiger partial charge in [0.15, 0.2) is 5.69 Å². The minimum atomic E-state index is -4.99. The van der Waals surface area contributed by atoms with Gasteiger partial charge < -0.3 is 19.5 Å². The van der Waals surface area contributed by atoms with Gasteiger partial charge in [-0.25, -0.2) is 8.42 Å². The second-order valence-corrected chi connectivity index (χ2v) is 6.89. The minimum absolute atomic E-state index is 0. The Kier molecular flexibility index (Phi) is 8.04. The van der Waals surface area contributed by atoms with Crippen LogP contribution in [0.5, 0.6) is 5.75 Å². The fraction of sp³-hybridized carbons (Fsp3) is 0.333. The molecule has 0 spiro atoms. The summed E-state index contributed by atoms with van der Waals surface area (Å²) in [7, 11) is -4.48. The summed E-state index contributed by atoms with van der Waals surface area (Å²) >= 11 is 0. The number of rotatable bonds is 4. The van der Waals surface area contributed by atoms with Crippen LogP contribution in [0.3, 0.4) is 0 Å². The molecule has 1 N–H and O–H groups in total. The molecule has 0 saturated heterocycles. The van der Waals surface area contributed by atoms with Gasteiger partial charge in [-0.05, 0) is 31.2 Å². The van der Waals surface area contributed by atoms with E-state index in [-0.39, 0.29) is 22.5 Å². The van der Waals surface area contributed by atoms with Gasteiger partial charge in [-0.15, -0.1) is 13.2 Å². The minimum Gasteiger partial charge on any atom is -0.560 e. The van der Waals surface area contributed by atoms with Crippen molar-refractivity contribution >= 4 is 16.1 Å². The second kappa shape index (κ2) is 9.40. The van der Waals surface area contributed by atoms with Crippen molar-refractivity contribution in [2.24, 2.45) is 0 Å². The van der Waals surface area contributed by atoms with Gasteiger partial charge in [0.25, 0.3) is 0 Å². The fourth-order valence-corrected chi connectivity index (χ4v) is 2.74. The summed E-state index contributed by atoms with van der Waals surface area (Å²) in [5.41, 5.74) is -0.217. The molecular formula is C15H15CoF3N4O4S.